The summed E-state index contributed by atoms with van der Waals surface area (Å²) in [6.45, 7) is 6.21. The molecular formula is C32H39N3Na2O5P+. The third-order valence-corrected chi connectivity index (χ3v) is 9.00. The molecule has 2 aliphatic rings. The number of carbonyl (C=O) groups excluding carboxylic acids is 1. The first-order valence-corrected chi connectivity index (χ1v) is 15.6. The summed E-state index contributed by atoms with van der Waals surface area (Å²) in [5.74, 6) is 1.55. The third kappa shape index (κ3) is 7.51. The van der Waals surface area contributed by atoms with E-state index in [0.717, 1.165) is 65.0 Å². The third-order valence-electron chi connectivity index (χ3n) is 8.59. The first kappa shape index (κ1) is 34.4. The molecule has 0 bridgehead atoms. The number of H-pyrrole nitrogens is 1. The van der Waals surface area contributed by atoms with Crippen LogP contribution in [0.15, 0.2) is 59.1 Å². The van der Waals surface area contributed by atoms with Gasteiger partial charge in [0, 0.05) is 52.4 Å². The number of aromatic nitrogens is 1. The largest absolute Gasteiger partial charge is 1.00 e. The minimum Gasteiger partial charge on any atom is -1.00 e. The molecule has 2 fully saturated rings. The van der Waals surface area contributed by atoms with E-state index in [9.17, 15) is 9.36 Å². The second-order valence-electron chi connectivity index (χ2n) is 11.4. The van der Waals surface area contributed by atoms with Gasteiger partial charge in [-0.15, -0.1) is 9.42 Å². The van der Waals surface area contributed by atoms with Crippen molar-refractivity contribution >= 4 is 30.8 Å². The van der Waals surface area contributed by atoms with Gasteiger partial charge in [-0.2, -0.15) is 0 Å². The number of hydrogen-bond donors (Lipinski definition) is 3. The zero-order chi connectivity index (χ0) is 28.6. The number of rotatable bonds is 10. The van der Waals surface area contributed by atoms with Gasteiger partial charge in [0.1, 0.15) is 24.2 Å². The van der Waals surface area contributed by atoms with Crippen molar-refractivity contribution in [3.63, 3.8) is 0 Å². The van der Waals surface area contributed by atoms with Gasteiger partial charge >= 0.3 is 67.4 Å². The van der Waals surface area contributed by atoms with E-state index in [0.29, 0.717) is 6.42 Å². The summed E-state index contributed by atoms with van der Waals surface area (Å²) in [6.07, 6.45) is 7.53. The maximum Gasteiger partial charge on any atom is 1.00 e. The first-order chi connectivity index (χ1) is 19.8. The summed E-state index contributed by atoms with van der Waals surface area (Å²) in [5.41, 5.74) is 5.74. The number of carbonyl (C=O) groups is 1. The molecule has 4 aromatic rings. The molecule has 1 aliphatic heterocycles. The molecule has 1 saturated heterocycles. The van der Waals surface area contributed by atoms with Crippen LogP contribution < -0.4 is 69.3 Å². The monoisotopic (exact) mass is 622 g/mol. The zero-order valence-electron chi connectivity index (χ0n) is 27.6. The summed E-state index contributed by atoms with van der Waals surface area (Å²) < 4.78 is 22.0. The molecule has 2 unspecified atom stereocenters. The smallest absolute Gasteiger partial charge is 1.00 e. The Hall–Kier alpha value is -1.45. The zero-order valence-corrected chi connectivity index (χ0v) is 30.5. The van der Waals surface area contributed by atoms with Crippen molar-refractivity contribution < 1.29 is 85.2 Å². The van der Waals surface area contributed by atoms with Crippen molar-refractivity contribution in [3.05, 3.63) is 88.5 Å². The van der Waals surface area contributed by atoms with Crippen LogP contribution in [0.2, 0.25) is 0 Å². The van der Waals surface area contributed by atoms with Gasteiger partial charge in [0.15, 0.2) is 0 Å². The van der Waals surface area contributed by atoms with Gasteiger partial charge in [0.05, 0.1) is 5.41 Å². The maximum absolute atomic E-state index is 14.2. The number of furan rings is 1. The van der Waals surface area contributed by atoms with E-state index in [-0.39, 0.29) is 74.5 Å². The second kappa shape index (κ2) is 14.8. The number of benzene rings is 2. The molecule has 6 rings (SSSR count). The standard InChI is InChI=1S/C32H36N3O5P.2Na.2H/c1-21-6-9-25(28(18-21)35-15-4-3-5-16-35)30(29-11-7-22(2)40-29)34-31(36)32(13-14-32)24-8-10-27-26(19-24)23(20-33-27)12-17-39-41(37)38;;;;/h6-11,18-20,30,33H,3-5,12-17H2,1-2H3,(H-,34,36,37,38);;;;/q;2*+1;2*-1/p+1. The molecular weight excluding hydrogens is 583 g/mol. The van der Waals surface area contributed by atoms with Gasteiger partial charge in [0.2, 0.25) is 5.91 Å². The number of nitrogens with one attached hydrogen (secondary N) is 2. The van der Waals surface area contributed by atoms with E-state index < -0.39 is 19.7 Å². The quantitative estimate of drug-likeness (QED) is 0.178. The predicted molar refractivity (Wildman–Crippen MR) is 162 cm³/mol. The van der Waals surface area contributed by atoms with Crippen LogP contribution in [0.3, 0.4) is 0 Å². The number of aryl methyl sites for hydroxylation is 2. The van der Waals surface area contributed by atoms with E-state index in [1.807, 2.05) is 37.4 Å². The molecule has 3 N–H and O–H groups in total. The van der Waals surface area contributed by atoms with E-state index in [1.54, 1.807) is 0 Å². The number of anilines is 1. The molecule has 1 aliphatic carbocycles. The van der Waals surface area contributed by atoms with E-state index >= 15 is 0 Å². The summed E-state index contributed by atoms with van der Waals surface area (Å²) in [4.78, 5) is 28.9. The Balaban J connectivity index is 0.00000176. The van der Waals surface area contributed by atoms with Crippen LogP contribution in [0.1, 0.15) is 74.8 Å². The molecule has 2 aromatic heterocycles. The van der Waals surface area contributed by atoms with Gasteiger partial charge in [-0.05, 0) is 93.0 Å². The van der Waals surface area contributed by atoms with Crippen LogP contribution in [-0.4, -0.2) is 35.5 Å². The molecule has 2 aromatic carbocycles. The number of aromatic amines is 1. The number of nitrogens with zero attached hydrogens (tertiary/aromatic N) is 1. The van der Waals surface area contributed by atoms with Crippen molar-refractivity contribution in [2.45, 2.75) is 63.8 Å². The van der Waals surface area contributed by atoms with Gasteiger partial charge < -0.3 is 22.5 Å². The molecule has 1 saturated carbocycles. The number of piperidine rings is 1. The molecule has 0 radical (unpaired) electrons. The van der Waals surface area contributed by atoms with Gasteiger partial charge in [-0.25, -0.2) is 0 Å². The molecule has 0 spiro atoms. The average Bonchev–Trinajstić information content (AvgIpc) is 3.53. The number of hydrogen-bond acceptors (Lipinski definition) is 5. The topological polar surface area (TPSA) is 108 Å². The number of fused-ring (bicyclic) bond motifs is 1. The molecule has 2 atom stereocenters. The Morgan fingerprint density at radius 3 is 2.56 bits per heavy atom. The van der Waals surface area contributed by atoms with E-state index in [2.05, 4.69) is 46.4 Å². The van der Waals surface area contributed by atoms with Gasteiger partial charge in [0.25, 0.3) is 0 Å². The second-order valence-corrected chi connectivity index (χ2v) is 12.2. The fourth-order valence-corrected chi connectivity index (χ4v) is 6.42. The SMILES string of the molecule is Cc1ccc(C(NC(=O)C2(c3ccc4[nH]cc(CCO[P+](=O)O)c4c3)CC2)c2ccc(C)o2)c(N2CCCCC2)c1.[H-].[H-].[Na+].[Na+]. The van der Waals surface area contributed by atoms with Crippen molar-refractivity contribution in [1.82, 2.24) is 10.3 Å². The van der Waals surface area contributed by atoms with Crippen LogP contribution in [0.25, 0.3) is 10.9 Å². The Bertz CT molecular complexity index is 1600. The van der Waals surface area contributed by atoms with Crippen LogP contribution in [0.5, 0.6) is 0 Å². The summed E-state index contributed by atoms with van der Waals surface area (Å²) in [7, 11) is -2.63. The van der Waals surface area contributed by atoms with Crippen LogP contribution in [-0.2, 0) is 25.7 Å². The Labute approximate surface area is 300 Å². The molecule has 8 nitrogen and oxygen atoms in total. The Morgan fingerprint density at radius 2 is 1.88 bits per heavy atom. The van der Waals surface area contributed by atoms with Crippen LogP contribution in [0.4, 0.5) is 5.69 Å². The summed E-state index contributed by atoms with van der Waals surface area (Å²) in [6, 6.07) is 16.1. The number of amides is 1. The molecule has 11 heteroatoms. The van der Waals surface area contributed by atoms with Gasteiger partial charge in [-0.3, -0.25) is 4.79 Å². The Kier molecular flexibility index (Phi) is 11.8. The average molecular weight is 623 g/mol. The minimum absolute atomic E-state index is 0. The van der Waals surface area contributed by atoms with E-state index in [4.69, 9.17) is 13.8 Å². The first-order valence-electron chi connectivity index (χ1n) is 14.5. The minimum atomic E-state index is -2.63. The maximum atomic E-state index is 14.2. The predicted octanol–water partition coefficient (Wildman–Crippen LogP) is 0.747. The van der Waals surface area contributed by atoms with Crippen LogP contribution in [0, 0.1) is 13.8 Å². The molecule has 1 amide bonds. The van der Waals surface area contributed by atoms with Crippen molar-refractivity contribution in [2.24, 2.45) is 0 Å². The Morgan fingerprint density at radius 1 is 1.12 bits per heavy atom. The van der Waals surface area contributed by atoms with Crippen LogP contribution >= 0.6 is 8.25 Å². The molecule has 43 heavy (non-hydrogen) atoms. The van der Waals surface area contributed by atoms with E-state index in [1.165, 1.54) is 30.5 Å². The fourth-order valence-electron chi connectivity index (χ4n) is 6.17. The van der Waals surface area contributed by atoms with Crippen molar-refractivity contribution in [2.75, 3.05) is 24.6 Å². The molecule has 218 valence electrons. The normalized spacial score (nSPS) is 16.6. The fraction of sp³-hybridized carbons (Fsp3) is 0.406. The van der Waals surface area contributed by atoms with Crippen molar-refractivity contribution in [1.29, 1.82) is 0 Å². The molecule has 3 heterocycles. The summed E-state index contributed by atoms with van der Waals surface area (Å²) in [5, 5.41) is 4.42. The summed E-state index contributed by atoms with van der Waals surface area (Å²) >= 11 is 0. The van der Waals surface area contributed by atoms with Crippen molar-refractivity contribution in [3.8, 4) is 0 Å². The van der Waals surface area contributed by atoms with Gasteiger partial charge in [-0.1, -0.05) is 18.2 Å².